The molecule has 2 aromatic carbocycles. The van der Waals surface area contributed by atoms with Gasteiger partial charge in [0, 0.05) is 29.8 Å². The minimum Gasteiger partial charge on any atom is -0.384 e. The van der Waals surface area contributed by atoms with Gasteiger partial charge < -0.3 is 5.73 Å². The third-order valence-corrected chi connectivity index (χ3v) is 6.25. The van der Waals surface area contributed by atoms with E-state index < -0.39 is 28.0 Å². The summed E-state index contributed by atoms with van der Waals surface area (Å²) in [5.41, 5.74) is 4.84. The maximum absolute atomic E-state index is 13.9. The van der Waals surface area contributed by atoms with Crippen LogP contribution in [0.1, 0.15) is 43.7 Å². The number of nitro groups is 1. The lowest BCUT2D eigenvalue weighted by Crippen LogP contribution is -2.42. The van der Waals surface area contributed by atoms with Gasteiger partial charge in [-0.15, -0.1) is 0 Å². The fourth-order valence-corrected chi connectivity index (χ4v) is 4.84. The van der Waals surface area contributed by atoms with Gasteiger partial charge in [0.25, 0.3) is 5.69 Å². The van der Waals surface area contributed by atoms with Gasteiger partial charge in [-0.25, -0.2) is 0 Å². The molecule has 0 unspecified atom stereocenters. The first-order valence-electron chi connectivity index (χ1n) is 10.7. The van der Waals surface area contributed by atoms with Crippen molar-refractivity contribution in [2.24, 2.45) is 11.1 Å². The molecule has 0 amide bonds. The maximum atomic E-state index is 13.9. The van der Waals surface area contributed by atoms with Crippen LogP contribution < -0.4 is 10.6 Å². The fraction of sp³-hybridized carbons (Fsp3) is 0.280. The average Bonchev–Trinajstić information content (AvgIpc) is 2.77. The van der Waals surface area contributed by atoms with Crippen LogP contribution in [0.5, 0.6) is 0 Å². The standard InChI is InChI=1S/C25H21F3N4O3/c1-24(2)11-19-22(20(33)12-24)21(14-6-5-7-15(10-14)32(34)35)16(13-29)23(30)31(19)18-9-4-3-8-17(18)25(26,27)28/h3-10,21H,11-12,30H2,1-2H3/t21-/m1/s1. The SMILES string of the molecule is CC1(C)CC(=O)C2=C(C1)N(c1ccccc1C(F)(F)F)C(N)=C(C#N)[C@H]2c1cccc([N+](=O)[O-])c1. The number of benzene rings is 2. The normalized spacial score (nSPS) is 19.9. The molecular formula is C25H21F3N4O3. The van der Waals surface area contributed by atoms with Crippen LogP contribution in [-0.4, -0.2) is 10.7 Å². The summed E-state index contributed by atoms with van der Waals surface area (Å²) in [5.74, 6) is -1.62. The summed E-state index contributed by atoms with van der Waals surface area (Å²) < 4.78 is 41.8. The monoisotopic (exact) mass is 482 g/mol. The van der Waals surface area contributed by atoms with Crippen LogP contribution in [0.3, 0.4) is 0 Å². The Hall–Kier alpha value is -4.13. The van der Waals surface area contributed by atoms with Gasteiger partial charge in [0.15, 0.2) is 5.78 Å². The Bertz CT molecular complexity index is 1350. The van der Waals surface area contributed by atoms with Crippen LogP contribution >= 0.6 is 0 Å². The van der Waals surface area contributed by atoms with Gasteiger partial charge in [-0.3, -0.25) is 19.8 Å². The van der Waals surface area contributed by atoms with E-state index in [0.717, 1.165) is 11.0 Å². The second-order valence-electron chi connectivity index (χ2n) is 9.35. The summed E-state index contributed by atoms with van der Waals surface area (Å²) in [4.78, 5) is 25.4. The molecule has 0 radical (unpaired) electrons. The fourth-order valence-electron chi connectivity index (χ4n) is 4.84. The number of nitriles is 1. The minimum atomic E-state index is -4.71. The highest BCUT2D eigenvalue weighted by Gasteiger charge is 2.46. The van der Waals surface area contributed by atoms with Gasteiger partial charge in [0.05, 0.1) is 33.7 Å². The second kappa shape index (κ2) is 8.27. The Morgan fingerprint density at radius 1 is 1.17 bits per heavy atom. The average molecular weight is 482 g/mol. The van der Waals surface area contributed by atoms with Crippen molar-refractivity contribution in [3.63, 3.8) is 0 Å². The molecule has 7 nitrogen and oxygen atoms in total. The summed E-state index contributed by atoms with van der Waals surface area (Å²) in [5, 5.41) is 21.4. The van der Waals surface area contributed by atoms with Crippen molar-refractivity contribution in [2.45, 2.75) is 38.8 Å². The van der Waals surface area contributed by atoms with Gasteiger partial charge >= 0.3 is 6.18 Å². The Morgan fingerprint density at radius 2 is 1.86 bits per heavy atom. The van der Waals surface area contributed by atoms with Crippen molar-refractivity contribution in [1.29, 1.82) is 5.26 Å². The number of hydrogen-bond donors (Lipinski definition) is 1. The first-order chi connectivity index (χ1) is 16.4. The molecule has 0 aromatic heterocycles. The molecule has 1 atom stereocenters. The lowest BCUT2D eigenvalue weighted by atomic mass is 9.68. The smallest absolute Gasteiger partial charge is 0.384 e. The lowest BCUT2D eigenvalue weighted by Gasteiger charge is -2.44. The van der Waals surface area contributed by atoms with E-state index in [-0.39, 0.29) is 52.7 Å². The highest BCUT2D eigenvalue weighted by Crippen LogP contribution is 2.51. The highest BCUT2D eigenvalue weighted by atomic mass is 19.4. The highest BCUT2D eigenvalue weighted by molar-refractivity contribution is 6.01. The Balaban J connectivity index is 2.05. The number of para-hydroxylation sites is 1. The Morgan fingerprint density at radius 3 is 2.49 bits per heavy atom. The molecule has 0 fully saturated rings. The molecule has 0 bridgehead atoms. The van der Waals surface area contributed by atoms with Gasteiger partial charge in [0.1, 0.15) is 5.82 Å². The predicted molar refractivity (Wildman–Crippen MR) is 122 cm³/mol. The van der Waals surface area contributed by atoms with Crippen LogP contribution in [0.15, 0.2) is 71.2 Å². The van der Waals surface area contributed by atoms with E-state index in [1.54, 1.807) is 6.07 Å². The quantitative estimate of drug-likeness (QED) is 0.453. The number of hydrogen-bond acceptors (Lipinski definition) is 6. The Kier molecular flexibility index (Phi) is 5.67. The largest absolute Gasteiger partial charge is 0.418 e. The van der Waals surface area contributed by atoms with Crippen molar-refractivity contribution in [3.05, 3.63) is 92.4 Å². The van der Waals surface area contributed by atoms with Crippen molar-refractivity contribution < 1.29 is 22.9 Å². The van der Waals surface area contributed by atoms with Crippen molar-refractivity contribution in [3.8, 4) is 6.07 Å². The van der Waals surface area contributed by atoms with Crippen LogP contribution in [0.25, 0.3) is 0 Å². The van der Waals surface area contributed by atoms with E-state index in [1.165, 1.54) is 36.4 Å². The van der Waals surface area contributed by atoms with Crippen molar-refractivity contribution >= 4 is 17.2 Å². The summed E-state index contributed by atoms with van der Waals surface area (Å²) in [6, 6.07) is 12.3. The third-order valence-electron chi connectivity index (χ3n) is 6.25. The zero-order valence-corrected chi connectivity index (χ0v) is 18.9. The molecule has 4 rings (SSSR count). The number of anilines is 1. The predicted octanol–water partition coefficient (Wildman–Crippen LogP) is 5.55. The second-order valence-corrected chi connectivity index (χ2v) is 9.35. The molecule has 180 valence electrons. The number of halogens is 3. The number of alkyl halides is 3. The van der Waals surface area contributed by atoms with Crippen LogP contribution in [0, 0.1) is 26.9 Å². The molecule has 2 N–H and O–H groups in total. The zero-order valence-electron chi connectivity index (χ0n) is 18.9. The topological polar surface area (TPSA) is 113 Å². The molecule has 1 aliphatic carbocycles. The van der Waals surface area contributed by atoms with Gasteiger partial charge in [-0.1, -0.05) is 38.1 Å². The lowest BCUT2D eigenvalue weighted by molar-refractivity contribution is -0.384. The van der Waals surface area contributed by atoms with Crippen molar-refractivity contribution in [2.75, 3.05) is 4.90 Å². The molecule has 1 heterocycles. The molecule has 0 spiro atoms. The summed E-state index contributed by atoms with van der Waals surface area (Å²) >= 11 is 0. The zero-order chi connectivity index (χ0) is 25.7. The number of non-ortho nitro benzene ring substituents is 1. The number of rotatable bonds is 3. The van der Waals surface area contributed by atoms with Gasteiger partial charge in [-0.2, -0.15) is 18.4 Å². The van der Waals surface area contributed by atoms with E-state index >= 15 is 0 Å². The van der Waals surface area contributed by atoms with E-state index in [2.05, 4.69) is 0 Å². The molecule has 0 saturated heterocycles. The van der Waals surface area contributed by atoms with E-state index in [0.29, 0.717) is 5.56 Å². The number of carbonyl (C=O) groups excluding carboxylic acids is 1. The van der Waals surface area contributed by atoms with Crippen molar-refractivity contribution in [1.82, 2.24) is 0 Å². The van der Waals surface area contributed by atoms with Gasteiger partial charge in [-0.05, 0) is 29.5 Å². The summed E-state index contributed by atoms with van der Waals surface area (Å²) in [6.45, 7) is 3.65. The maximum Gasteiger partial charge on any atom is 0.418 e. The van der Waals surface area contributed by atoms with Crippen LogP contribution in [-0.2, 0) is 11.0 Å². The Labute approximate surface area is 199 Å². The van der Waals surface area contributed by atoms with E-state index in [1.807, 2.05) is 19.9 Å². The number of ketones is 1. The number of carbonyl (C=O) groups is 1. The van der Waals surface area contributed by atoms with Crippen LogP contribution in [0.2, 0.25) is 0 Å². The molecule has 2 aromatic rings. The minimum absolute atomic E-state index is 0.102. The molecule has 2 aliphatic rings. The number of nitrogens with two attached hydrogens (primary N) is 1. The first kappa shape index (κ1) is 24.0. The number of allylic oxidation sites excluding steroid dienone is 3. The number of nitrogens with zero attached hydrogens (tertiary/aromatic N) is 3. The first-order valence-corrected chi connectivity index (χ1v) is 10.7. The third kappa shape index (κ3) is 4.14. The molecular weight excluding hydrogens is 461 g/mol. The summed E-state index contributed by atoms with van der Waals surface area (Å²) in [7, 11) is 0. The van der Waals surface area contributed by atoms with E-state index in [9.17, 15) is 33.3 Å². The molecule has 0 saturated carbocycles. The molecule has 1 aliphatic heterocycles. The van der Waals surface area contributed by atoms with E-state index in [4.69, 9.17) is 5.73 Å². The molecule has 10 heteroatoms. The van der Waals surface area contributed by atoms with Crippen LogP contribution in [0.4, 0.5) is 24.5 Å². The van der Waals surface area contributed by atoms with Gasteiger partial charge in [0.2, 0.25) is 0 Å². The number of Topliss-reactive ketones (excluding diaryl/α,β-unsaturated/α-hetero) is 1. The molecule has 35 heavy (non-hydrogen) atoms. The number of nitro benzene ring substituents is 1. The summed E-state index contributed by atoms with van der Waals surface area (Å²) in [6.07, 6.45) is -4.40.